The number of rotatable bonds is 3. The van der Waals surface area contributed by atoms with Crippen molar-refractivity contribution >= 4 is 39.5 Å². The molecule has 22 heavy (non-hydrogen) atoms. The van der Waals surface area contributed by atoms with Gasteiger partial charge in [-0.3, -0.25) is 9.59 Å². The monoisotopic (exact) mass is 334 g/mol. The predicted molar refractivity (Wildman–Crippen MR) is 91.0 cm³/mol. The van der Waals surface area contributed by atoms with Gasteiger partial charge in [0.05, 0.1) is 10.4 Å². The predicted octanol–water partition coefficient (Wildman–Crippen LogP) is 3.59. The molecule has 0 bridgehead atoms. The van der Waals surface area contributed by atoms with Crippen LogP contribution >= 0.6 is 22.7 Å². The average molecular weight is 334 g/mol. The first-order chi connectivity index (χ1) is 10.5. The van der Waals surface area contributed by atoms with Crippen LogP contribution in [0.25, 0.3) is 0 Å². The lowest BCUT2D eigenvalue weighted by atomic mass is 9.88. The molecule has 3 rings (SSSR count). The topological polar surface area (TPSA) is 72.2 Å². The highest BCUT2D eigenvalue weighted by molar-refractivity contribution is 7.17. The van der Waals surface area contributed by atoms with Crippen LogP contribution in [-0.4, -0.2) is 11.8 Å². The largest absolute Gasteiger partial charge is 0.365 e. The number of hydrogen-bond donors (Lipinski definition) is 2. The summed E-state index contributed by atoms with van der Waals surface area (Å²) in [6, 6.07) is 1.91. The molecule has 2 heterocycles. The van der Waals surface area contributed by atoms with Crippen LogP contribution in [0.2, 0.25) is 0 Å². The summed E-state index contributed by atoms with van der Waals surface area (Å²) in [4.78, 5) is 26.1. The summed E-state index contributed by atoms with van der Waals surface area (Å²) in [5.41, 5.74) is 8.05. The Hall–Kier alpha value is -1.66. The third-order valence-electron chi connectivity index (χ3n) is 4.05. The molecule has 0 saturated heterocycles. The minimum Gasteiger partial charge on any atom is -0.365 e. The van der Waals surface area contributed by atoms with Gasteiger partial charge in [-0.1, -0.05) is 6.92 Å². The molecule has 6 heteroatoms. The van der Waals surface area contributed by atoms with E-state index in [-0.39, 0.29) is 5.91 Å². The summed E-state index contributed by atoms with van der Waals surface area (Å²) in [5, 5.41) is 5.39. The number of anilines is 1. The van der Waals surface area contributed by atoms with E-state index in [0.29, 0.717) is 21.4 Å². The van der Waals surface area contributed by atoms with E-state index in [1.165, 1.54) is 27.6 Å². The number of amides is 2. The summed E-state index contributed by atoms with van der Waals surface area (Å²) in [5.74, 6) is -0.0122. The van der Waals surface area contributed by atoms with Gasteiger partial charge in [-0.15, -0.1) is 22.7 Å². The molecule has 2 aromatic heterocycles. The average Bonchev–Trinajstić information content (AvgIpc) is 3.01. The molecule has 1 aliphatic carbocycles. The van der Waals surface area contributed by atoms with Crippen molar-refractivity contribution in [2.24, 2.45) is 11.7 Å². The number of carbonyl (C=O) groups excluding carboxylic acids is 2. The van der Waals surface area contributed by atoms with Gasteiger partial charge in [-0.05, 0) is 54.7 Å². The molecule has 1 aliphatic rings. The summed E-state index contributed by atoms with van der Waals surface area (Å²) in [6.45, 7) is 4.11. The molecule has 0 aromatic carbocycles. The lowest BCUT2D eigenvalue weighted by Gasteiger charge is -2.18. The Kier molecular flexibility index (Phi) is 4.06. The molecule has 0 fully saturated rings. The van der Waals surface area contributed by atoms with Crippen molar-refractivity contribution in [3.63, 3.8) is 0 Å². The summed E-state index contributed by atoms with van der Waals surface area (Å²) in [7, 11) is 0. The number of nitrogens with two attached hydrogens (primary N) is 1. The molecular weight excluding hydrogens is 316 g/mol. The maximum absolute atomic E-state index is 12.4. The molecule has 4 nitrogen and oxygen atoms in total. The van der Waals surface area contributed by atoms with Crippen LogP contribution < -0.4 is 11.1 Å². The second-order valence-electron chi connectivity index (χ2n) is 5.81. The third kappa shape index (κ3) is 2.68. The Labute approximate surface area is 137 Å². The van der Waals surface area contributed by atoms with Crippen molar-refractivity contribution in [1.82, 2.24) is 0 Å². The molecule has 0 radical (unpaired) electrons. The number of aryl methyl sites for hydroxylation is 1. The van der Waals surface area contributed by atoms with E-state index in [1.54, 1.807) is 0 Å². The molecule has 0 aliphatic heterocycles. The van der Waals surface area contributed by atoms with Gasteiger partial charge in [0.2, 0.25) is 0 Å². The highest BCUT2D eigenvalue weighted by atomic mass is 32.1. The van der Waals surface area contributed by atoms with Crippen LogP contribution in [0.4, 0.5) is 5.00 Å². The van der Waals surface area contributed by atoms with Gasteiger partial charge in [-0.25, -0.2) is 0 Å². The van der Waals surface area contributed by atoms with Gasteiger partial charge in [0, 0.05) is 4.88 Å². The standard InChI is InChI=1S/C16H18N2O2S2/c1-8-3-4-10-11(7-8)22-16(12(10)14(17)19)18-15(20)13-9(2)5-6-21-13/h5-6,8H,3-4,7H2,1-2H3,(H2,17,19)(H,18,20)/t8-/m0/s1. The fraction of sp³-hybridized carbons (Fsp3) is 0.375. The molecule has 1 atom stereocenters. The highest BCUT2D eigenvalue weighted by Gasteiger charge is 2.27. The van der Waals surface area contributed by atoms with Crippen molar-refractivity contribution in [3.05, 3.63) is 37.9 Å². The Morgan fingerprint density at radius 2 is 2.18 bits per heavy atom. The molecule has 0 unspecified atom stereocenters. The van der Waals surface area contributed by atoms with Gasteiger partial charge in [0.1, 0.15) is 5.00 Å². The summed E-state index contributed by atoms with van der Waals surface area (Å²) >= 11 is 2.90. The van der Waals surface area contributed by atoms with Crippen LogP contribution in [0, 0.1) is 12.8 Å². The van der Waals surface area contributed by atoms with Crippen molar-refractivity contribution in [2.75, 3.05) is 5.32 Å². The van der Waals surface area contributed by atoms with Gasteiger partial charge in [0.15, 0.2) is 0 Å². The summed E-state index contributed by atoms with van der Waals surface area (Å²) < 4.78 is 0. The maximum atomic E-state index is 12.4. The van der Waals surface area contributed by atoms with E-state index in [4.69, 9.17) is 5.73 Å². The molecule has 0 spiro atoms. The fourth-order valence-corrected chi connectivity index (χ4v) is 5.10. The molecule has 2 aromatic rings. The van der Waals surface area contributed by atoms with Crippen molar-refractivity contribution in [1.29, 1.82) is 0 Å². The van der Waals surface area contributed by atoms with Gasteiger partial charge in [0.25, 0.3) is 11.8 Å². The molecular formula is C16H18N2O2S2. The third-order valence-corrected chi connectivity index (χ3v) is 6.24. The first-order valence-corrected chi connectivity index (χ1v) is 8.96. The number of carbonyl (C=O) groups is 2. The van der Waals surface area contributed by atoms with Gasteiger partial charge >= 0.3 is 0 Å². The zero-order chi connectivity index (χ0) is 15.9. The van der Waals surface area contributed by atoms with Crippen LogP contribution in [0.3, 0.4) is 0 Å². The first kappa shape index (κ1) is 15.2. The van der Waals surface area contributed by atoms with Crippen molar-refractivity contribution in [3.8, 4) is 0 Å². The minimum absolute atomic E-state index is 0.165. The Balaban J connectivity index is 1.95. The second kappa shape index (κ2) is 5.85. The fourth-order valence-electron chi connectivity index (χ4n) is 2.86. The Bertz CT molecular complexity index is 745. The number of fused-ring (bicyclic) bond motifs is 1. The highest BCUT2D eigenvalue weighted by Crippen LogP contribution is 2.39. The van der Waals surface area contributed by atoms with E-state index < -0.39 is 5.91 Å². The number of primary amides is 1. The Morgan fingerprint density at radius 1 is 1.41 bits per heavy atom. The SMILES string of the molecule is Cc1ccsc1C(=O)Nc1sc2c(c1C(N)=O)CC[C@H](C)C2. The zero-order valence-corrected chi connectivity index (χ0v) is 14.2. The number of thiophene rings is 2. The first-order valence-electron chi connectivity index (χ1n) is 7.27. The molecule has 116 valence electrons. The summed E-state index contributed by atoms with van der Waals surface area (Å²) in [6.07, 6.45) is 2.87. The van der Waals surface area contributed by atoms with Gasteiger partial charge in [-0.2, -0.15) is 0 Å². The van der Waals surface area contributed by atoms with Crippen LogP contribution in [-0.2, 0) is 12.8 Å². The van der Waals surface area contributed by atoms with Gasteiger partial charge < -0.3 is 11.1 Å². The van der Waals surface area contributed by atoms with Crippen LogP contribution in [0.5, 0.6) is 0 Å². The van der Waals surface area contributed by atoms with E-state index in [0.717, 1.165) is 30.4 Å². The molecule has 2 amide bonds. The van der Waals surface area contributed by atoms with Crippen molar-refractivity contribution in [2.45, 2.75) is 33.1 Å². The van der Waals surface area contributed by atoms with Crippen LogP contribution in [0.1, 0.15) is 49.4 Å². The lowest BCUT2D eigenvalue weighted by Crippen LogP contribution is -2.19. The number of nitrogens with one attached hydrogen (secondary N) is 1. The smallest absolute Gasteiger partial charge is 0.266 e. The maximum Gasteiger partial charge on any atom is 0.266 e. The van der Waals surface area contributed by atoms with Crippen molar-refractivity contribution < 1.29 is 9.59 Å². The number of hydrogen-bond acceptors (Lipinski definition) is 4. The normalized spacial score (nSPS) is 17.1. The quantitative estimate of drug-likeness (QED) is 0.900. The zero-order valence-electron chi connectivity index (χ0n) is 12.6. The van der Waals surface area contributed by atoms with E-state index >= 15 is 0 Å². The van der Waals surface area contributed by atoms with E-state index in [1.807, 2.05) is 18.4 Å². The lowest BCUT2D eigenvalue weighted by molar-refractivity contribution is 0.1000. The van der Waals surface area contributed by atoms with Crippen LogP contribution in [0.15, 0.2) is 11.4 Å². The molecule has 0 saturated carbocycles. The minimum atomic E-state index is -0.453. The van der Waals surface area contributed by atoms with E-state index in [2.05, 4.69) is 12.2 Å². The Morgan fingerprint density at radius 3 is 2.82 bits per heavy atom. The molecule has 3 N–H and O–H groups in total. The van der Waals surface area contributed by atoms with E-state index in [9.17, 15) is 9.59 Å². The second-order valence-corrected chi connectivity index (χ2v) is 7.83.